The van der Waals surface area contributed by atoms with Crippen molar-refractivity contribution >= 4 is 17.8 Å². The van der Waals surface area contributed by atoms with Gasteiger partial charge in [-0.3, -0.25) is 14.4 Å². The summed E-state index contributed by atoms with van der Waals surface area (Å²) in [5.74, 6) is -1.29. The largest absolute Gasteiger partial charge is 0.481 e. The SMILES string of the molecule is O=C(O)[C@@H]1[C@H]2CC[C@@H](C2)[C@@H]1C(=O)N1CCN(C(=O)c2ccco2)CC1. The fourth-order valence-electron chi connectivity index (χ4n) is 4.90. The number of carboxylic acid groups (broad SMARTS) is 1. The Morgan fingerprint density at radius 3 is 2.24 bits per heavy atom. The fourth-order valence-corrected chi connectivity index (χ4v) is 4.90. The topological polar surface area (TPSA) is 91.1 Å². The summed E-state index contributed by atoms with van der Waals surface area (Å²) in [6, 6.07) is 3.31. The molecule has 1 aromatic rings. The van der Waals surface area contributed by atoms with Crippen molar-refractivity contribution in [2.75, 3.05) is 26.2 Å². The van der Waals surface area contributed by atoms with Crippen LogP contribution >= 0.6 is 0 Å². The molecule has 7 heteroatoms. The van der Waals surface area contributed by atoms with Gasteiger partial charge in [-0.05, 0) is 43.2 Å². The Balaban J connectivity index is 1.40. The number of fused-ring (bicyclic) bond motifs is 2. The number of carbonyl (C=O) groups is 3. The number of hydrogen-bond donors (Lipinski definition) is 1. The fraction of sp³-hybridized carbons (Fsp3) is 0.611. The van der Waals surface area contributed by atoms with E-state index in [2.05, 4.69) is 0 Å². The van der Waals surface area contributed by atoms with Gasteiger partial charge < -0.3 is 19.3 Å². The lowest BCUT2D eigenvalue weighted by atomic mass is 9.78. The normalized spacial score (nSPS) is 31.4. The molecule has 0 unspecified atom stereocenters. The highest BCUT2D eigenvalue weighted by atomic mass is 16.4. The molecule has 3 fully saturated rings. The van der Waals surface area contributed by atoms with Crippen molar-refractivity contribution < 1.29 is 23.9 Å². The zero-order valence-electron chi connectivity index (χ0n) is 14.0. The predicted molar refractivity (Wildman–Crippen MR) is 86.6 cm³/mol. The molecule has 2 saturated carbocycles. The zero-order valence-corrected chi connectivity index (χ0v) is 14.0. The summed E-state index contributed by atoms with van der Waals surface area (Å²) in [6.07, 6.45) is 4.22. The molecule has 1 saturated heterocycles. The summed E-state index contributed by atoms with van der Waals surface area (Å²) in [7, 11) is 0. The highest BCUT2D eigenvalue weighted by Crippen LogP contribution is 2.53. The van der Waals surface area contributed by atoms with E-state index < -0.39 is 11.9 Å². The molecule has 134 valence electrons. The van der Waals surface area contributed by atoms with Crippen LogP contribution in [0.15, 0.2) is 22.8 Å². The molecule has 25 heavy (non-hydrogen) atoms. The maximum atomic E-state index is 13.0. The Labute approximate surface area is 145 Å². The van der Waals surface area contributed by atoms with Crippen molar-refractivity contribution in [1.82, 2.24) is 9.80 Å². The van der Waals surface area contributed by atoms with Gasteiger partial charge >= 0.3 is 5.97 Å². The molecule has 2 aliphatic carbocycles. The Hall–Kier alpha value is -2.31. The summed E-state index contributed by atoms with van der Waals surface area (Å²) >= 11 is 0. The molecular weight excluding hydrogens is 324 g/mol. The number of aliphatic carboxylic acids is 1. The van der Waals surface area contributed by atoms with Crippen LogP contribution in [0.5, 0.6) is 0 Å². The van der Waals surface area contributed by atoms with Gasteiger partial charge in [0.15, 0.2) is 5.76 Å². The Morgan fingerprint density at radius 2 is 1.64 bits per heavy atom. The third-order valence-electron chi connectivity index (χ3n) is 6.10. The summed E-state index contributed by atoms with van der Waals surface area (Å²) in [4.78, 5) is 40.3. The third kappa shape index (κ3) is 2.71. The molecule has 0 aromatic carbocycles. The van der Waals surface area contributed by atoms with Crippen molar-refractivity contribution in [2.45, 2.75) is 19.3 Å². The van der Waals surface area contributed by atoms with Gasteiger partial charge in [0, 0.05) is 26.2 Å². The molecule has 1 N–H and O–H groups in total. The summed E-state index contributed by atoms with van der Waals surface area (Å²) < 4.78 is 5.14. The minimum Gasteiger partial charge on any atom is -0.481 e. The highest BCUT2D eigenvalue weighted by molar-refractivity contribution is 5.92. The van der Waals surface area contributed by atoms with E-state index in [0.29, 0.717) is 31.9 Å². The van der Waals surface area contributed by atoms with Crippen molar-refractivity contribution in [3.8, 4) is 0 Å². The van der Waals surface area contributed by atoms with Crippen LogP contribution in [-0.4, -0.2) is 58.9 Å². The average molecular weight is 346 g/mol. The van der Waals surface area contributed by atoms with E-state index in [1.165, 1.54) is 6.26 Å². The average Bonchev–Trinajstić information content (AvgIpc) is 3.36. The van der Waals surface area contributed by atoms with Crippen LogP contribution in [0.4, 0.5) is 0 Å². The second-order valence-electron chi connectivity index (χ2n) is 7.32. The Kier molecular flexibility index (Phi) is 4.01. The van der Waals surface area contributed by atoms with E-state index in [1.807, 2.05) is 0 Å². The van der Waals surface area contributed by atoms with Crippen LogP contribution in [-0.2, 0) is 9.59 Å². The molecule has 0 spiro atoms. The first-order chi connectivity index (χ1) is 12.1. The van der Waals surface area contributed by atoms with Gasteiger partial charge in [0.2, 0.25) is 5.91 Å². The first-order valence-electron chi connectivity index (χ1n) is 8.90. The molecule has 4 atom stereocenters. The maximum absolute atomic E-state index is 13.0. The van der Waals surface area contributed by atoms with E-state index in [0.717, 1.165) is 19.3 Å². The van der Waals surface area contributed by atoms with Gasteiger partial charge in [-0.2, -0.15) is 0 Å². The van der Waals surface area contributed by atoms with Crippen LogP contribution in [0.25, 0.3) is 0 Å². The molecule has 2 bridgehead atoms. The molecule has 1 aliphatic heterocycles. The molecule has 4 rings (SSSR count). The lowest BCUT2D eigenvalue weighted by Gasteiger charge is -2.38. The summed E-state index contributed by atoms with van der Waals surface area (Å²) in [6.45, 7) is 1.80. The minimum atomic E-state index is -0.836. The van der Waals surface area contributed by atoms with Crippen molar-refractivity contribution in [2.24, 2.45) is 23.7 Å². The Bertz CT molecular complexity index is 678. The molecule has 3 aliphatic rings. The third-order valence-corrected chi connectivity index (χ3v) is 6.10. The van der Waals surface area contributed by atoms with E-state index in [1.54, 1.807) is 21.9 Å². The summed E-state index contributed by atoms with van der Waals surface area (Å²) in [5, 5.41) is 9.54. The lowest BCUT2D eigenvalue weighted by Crippen LogP contribution is -2.53. The van der Waals surface area contributed by atoms with Gasteiger partial charge in [0.25, 0.3) is 5.91 Å². The number of piperazine rings is 1. The minimum absolute atomic E-state index is 0.0373. The summed E-state index contributed by atoms with van der Waals surface area (Å²) in [5.41, 5.74) is 0. The number of amides is 2. The molecule has 2 heterocycles. The molecule has 7 nitrogen and oxygen atoms in total. The quantitative estimate of drug-likeness (QED) is 0.891. The first-order valence-corrected chi connectivity index (χ1v) is 8.90. The van der Waals surface area contributed by atoms with Crippen LogP contribution in [0.1, 0.15) is 29.8 Å². The Morgan fingerprint density at radius 1 is 1.00 bits per heavy atom. The van der Waals surface area contributed by atoms with Crippen molar-refractivity contribution in [3.63, 3.8) is 0 Å². The smallest absolute Gasteiger partial charge is 0.307 e. The standard InChI is InChI=1S/C18H22N2O5/c21-16(13-2-1-9-25-13)19-5-7-20(8-6-19)17(22)14-11-3-4-12(10-11)15(14)18(23)24/h1-2,9,11-12,14-15H,3-8,10H2,(H,23,24)/t11-,12-,14-,15+/m0/s1. The van der Waals surface area contributed by atoms with E-state index in [9.17, 15) is 19.5 Å². The van der Waals surface area contributed by atoms with Crippen molar-refractivity contribution in [3.05, 3.63) is 24.2 Å². The number of hydrogen-bond acceptors (Lipinski definition) is 4. The van der Waals surface area contributed by atoms with Gasteiger partial charge in [0.1, 0.15) is 0 Å². The number of furan rings is 1. The van der Waals surface area contributed by atoms with Crippen LogP contribution < -0.4 is 0 Å². The number of carbonyl (C=O) groups excluding carboxylic acids is 2. The zero-order chi connectivity index (χ0) is 17.6. The predicted octanol–water partition coefficient (Wildman–Crippen LogP) is 1.31. The highest BCUT2D eigenvalue weighted by Gasteiger charge is 2.54. The van der Waals surface area contributed by atoms with E-state index in [4.69, 9.17) is 4.42 Å². The second kappa shape index (κ2) is 6.20. The number of nitrogens with zero attached hydrogens (tertiary/aromatic N) is 2. The maximum Gasteiger partial charge on any atom is 0.307 e. The molecular formula is C18H22N2O5. The number of rotatable bonds is 3. The van der Waals surface area contributed by atoms with Crippen LogP contribution in [0.3, 0.4) is 0 Å². The molecule has 1 aromatic heterocycles. The van der Waals surface area contributed by atoms with Gasteiger partial charge in [0.05, 0.1) is 18.1 Å². The van der Waals surface area contributed by atoms with Crippen LogP contribution in [0.2, 0.25) is 0 Å². The number of carboxylic acids is 1. The first kappa shape index (κ1) is 16.2. The lowest BCUT2D eigenvalue weighted by molar-refractivity contribution is -0.153. The second-order valence-corrected chi connectivity index (χ2v) is 7.32. The van der Waals surface area contributed by atoms with Crippen LogP contribution in [0, 0.1) is 23.7 Å². The van der Waals surface area contributed by atoms with Crippen molar-refractivity contribution in [1.29, 1.82) is 0 Å². The molecule has 0 radical (unpaired) electrons. The van der Waals surface area contributed by atoms with Gasteiger partial charge in [-0.25, -0.2) is 0 Å². The molecule has 2 amide bonds. The monoisotopic (exact) mass is 346 g/mol. The van der Waals surface area contributed by atoms with E-state index >= 15 is 0 Å². The van der Waals surface area contributed by atoms with Gasteiger partial charge in [-0.15, -0.1) is 0 Å². The van der Waals surface area contributed by atoms with Gasteiger partial charge in [-0.1, -0.05) is 0 Å². The van der Waals surface area contributed by atoms with E-state index in [-0.39, 0.29) is 29.6 Å².